The third-order valence-electron chi connectivity index (χ3n) is 3.89. The van der Waals surface area contributed by atoms with Gasteiger partial charge < -0.3 is 9.47 Å². The number of nitriles is 1. The molecule has 0 aliphatic heterocycles. The van der Waals surface area contributed by atoms with E-state index in [9.17, 15) is 5.26 Å². The molecule has 0 heterocycles. The first-order chi connectivity index (χ1) is 11.1. The summed E-state index contributed by atoms with van der Waals surface area (Å²) >= 11 is 0. The lowest BCUT2D eigenvalue weighted by atomic mass is 9.96. The standard InChI is InChI=1S/C20H23NO2/c1-15-9-10-16(2)20(12-15)23-11-5-7-18(14-21)17-6-4-8-19(13-17)22-3/h4,6,8-10,12-13,18H,5,7,11H2,1-3H3. The first-order valence-corrected chi connectivity index (χ1v) is 7.87. The number of benzene rings is 2. The molecule has 2 rings (SSSR count). The van der Waals surface area contributed by atoms with Crippen molar-refractivity contribution < 1.29 is 9.47 Å². The Balaban J connectivity index is 1.89. The Hall–Kier alpha value is -2.47. The topological polar surface area (TPSA) is 42.2 Å². The molecule has 1 unspecified atom stereocenters. The second-order valence-corrected chi connectivity index (χ2v) is 5.72. The van der Waals surface area contributed by atoms with E-state index in [1.807, 2.05) is 31.2 Å². The van der Waals surface area contributed by atoms with Crippen LogP contribution in [0, 0.1) is 25.2 Å². The largest absolute Gasteiger partial charge is 0.497 e. The van der Waals surface area contributed by atoms with Crippen molar-refractivity contribution in [3.63, 3.8) is 0 Å². The van der Waals surface area contributed by atoms with Gasteiger partial charge in [0.15, 0.2) is 0 Å². The summed E-state index contributed by atoms with van der Waals surface area (Å²) in [4.78, 5) is 0. The first-order valence-electron chi connectivity index (χ1n) is 7.87. The van der Waals surface area contributed by atoms with Crippen molar-refractivity contribution in [2.75, 3.05) is 13.7 Å². The molecule has 3 heteroatoms. The van der Waals surface area contributed by atoms with Crippen molar-refractivity contribution in [2.45, 2.75) is 32.6 Å². The number of hydrogen-bond donors (Lipinski definition) is 0. The number of hydrogen-bond acceptors (Lipinski definition) is 3. The van der Waals surface area contributed by atoms with E-state index in [4.69, 9.17) is 9.47 Å². The van der Waals surface area contributed by atoms with E-state index in [0.717, 1.165) is 35.5 Å². The maximum absolute atomic E-state index is 9.41. The fourth-order valence-corrected chi connectivity index (χ4v) is 2.50. The Morgan fingerprint density at radius 2 is 1.96 bits per heavy atom. The van der Waals surface area contributed by atoms with E-state index < -0.39 is 0 Å². The molecule has 0 saturated carbocycles. The van der Waals surface area contributed by atoms with Crippen LogP contribution in [0.2, 0.25) is 0 Å². The summed E-state index contributed by atoms with van der Waals surface area (Å²) in [5.41, 5.74) is 3.33. The molecule has 2 aromatic rings. The molecule has 0 fully saturated rings. The van der Waals surface area contributed by atoms with E-state index in [1.165, 1.54) is 5.56 Å². The molecule has 0 N–H and O–H groups in total. The number of methoxy groups -OCH3 is 1. The molecule has 1 atom stereocenters. The Labute approximate surface area is 138 Å². The molecule has 0 aliphatic rings. The minimum absolute atomic E-state index is 0.132. The fourth-order valence-electron chi connectivity index (χ4n) is 2.50. The van der Waals surface area contributed by atoms with Crippen molar-refractivity contribution >= 4 is 0 Å². The average molecular weight is 309 g/mol. The minimum Gasteiger partial charge on any atom is -0.497 e. The highest BCUT2D eigenvalue weighted by atomic mass is 16.5. The van der Waals surface area contributed by atoms with Gasteiger partial charge in [-0.05, 0) is 61.6 Å². The Morgan fingerprint density at radius 1 is 1.13 bits per heavy atom. The lowest BCUT2D eigenvalue weighted by Gasteiger charge is -2.13. The Morgan fingerprint density at radius 3 is 2.70 bits per heavy atom. The summed E-state index contributed by atoms with van der Waals surface area (Å²) in [5, 5.41) is 9.41. The van der Waals surface area contributed by atoms with Crippen LogP contribution >= 0.6 is 0 Å². The Kier molecular flexibility index (Phi) is 6.05. The number of ether oxygens (including phenoxy) is 2. The van der Waals surface area contributed by atoms with Gasteiger partial charge in [-0.3, -0.25) is 0 Å². The lowest BCUT2D eigenvalue weighted by molar-refractivity contribution is 0.303. The van der Waals surface area contributed by atoms with Crippen LogP contribution < -0.4 is 9.47 Å². The van der Waals surface area contributed by atoms with Gasteiger partial charge in [-0.15, -0.1) is 0 Å². The van der Waals surface area contributed by atoms with Crippen LogP contribution in [0.3, 0.4) is 0 Å². The molecule has 0 radical (unpaired) electrons. The van der Waals surface area contributed by atoms with Crippen LogP contribution in [-0.2, 0) is 0 Å². The number of aryl methyl sites for hydroxylation is 2. The van der Waals surface area contributed by atoms with Crippen molar-refractivity contribution in [3.05, 3.63) is 59.2 Å². The van der Waals surface area contributed by atoms with Crippen molar-refractivity contribution in [2.24, 2.45) is 0 Å². The molecule has 0 bridgehead atoms. The third kappa shape index (κ3) is 4.75. The summed E-state index contributed by atoms with van der Waals surface area (Å²) < 4.78 is 11.1. The van der Waals surface area contributed by atoms with E-state index in [-0.39, 0.29) is 5.92 Å². The SMILES string of the molecule is COc1cccc(C(C#N)CCCOc2cc(C)ccc2C)c1. The molecule has 0 aliphatic carbocycles. The molecule has 120 valence electrons. The average Bonchev–Trinajstić information content (AvgIpc) is 2.58. The quantitative estimate of drug-likeness (QED) is 0.691. The molecular weight excluding hydrogens is 286 g/mol. The van der Waals surface area contributed by atoms with Gasteiger partial charge in [0.2, 0.25) is 0 Å². The Bertz CT molecular complexity index is 688. The van der Waals surface area contributed by atoms with Gasteiger partial charge in [-0.1, -0.05) is 24.3 Å². The van der Waals surface area contributed by atoms with E-state index in [0.29, 0.717) is 6.61 Å². The van der Waals surface area contributed by atoms with Gasteiger partial charge in [0.1, 0.15) is 11.5 Å². The second-order valence-electron chi connectivity index (χ2n) is 5.72. The lowest BCUT2D eigenvalue weighted by Crippen LogP contribution is -2.03. The third-order valence-corrected chi connectivity index (χ3v) is 3.89. The van der Waals surface area contributed by atoms with Gasteiger partial charge in [0.05, 0.1) is 25.7 Å². The molecule has 23 heavy (non-hydrogen) atoms. The van der Waals surface area contributed by atoms with Gasteiger partial charge in [-0.25, -0.2) is 0 Å². The number of nitrogens with zero attached hydrogens (tertiary/aromatic N) is 1. The van der Waals surface area contributed by atoms with Gasteiger partial charge >= 0.3 is 0 Å². The molecule has 0 amide bonds. The van der Waals surface area contributed by atoms with E-state index in [2.05, 4.69) is 31.2 Å². The molecular formula is C20H23NO2. The maximum atomic E-state index is 9.41. The minimum atomic E-state index is -0.132. The monoisotopic (exact) mass is 309 g/mol. The summed E-state index contributed by atoms with van der Waals surface area (Å²) in [6.45, 7) is 4.72. The van der Waals surface area contributed by atoms with Gasteiger partial charge in [-0.2, -0.15) is 5.26 Å². The first kappa shape index (κ1) is 16.9. The predicted molar refractivity (Wildman–Crippen MR) is 92.0 cm³/mol. The predicted octanol–water partition coefficient (Wildman–Crippen LogP) is 4.78. The second kappa shape index (κ2) is 8.24. The van der Waals surface area contributed by atoms with Crippen LogP contribution in [0.5, 0.6) is 11.5 Å². The van der Waals surface area contributed by atoms with Crippen molar-refractivity contribution in [1.82, 2.24) is 0 Å². The highest BCUT2D eigenvalue weighted by Crippen LogP contribution is 2.25. The molecule has 3 nitrogen and oxygen atoms in total. The normalized spacial score (nSPS) is 11.6. The van der Waals surface area contributed by atoms with E-state index in [1.54, 1.807) is 7.11 Å². The molecule has 2 aromatic carbocycles. The van der Waals surface area contributed by atoms with Crippen LogP contribution in [0.15, 0.2) is 42.5 Å². The zero-order chi connectivity index (χ0) is 16.7. The van der Waals surface area contributed by atoms with Crippen LogP contribution in [0.4, 0.5) is 0 Å². The highest BCUT2D eigenvalue weighted by molar-refractivity contribution is 5.36. The van der Waals surface area contributed by atoms with Crippen molar-refractivity contribution in [1.29, 1.82) is 5.26 Å². The molecule has 0 saturated heterocycles. The smallest absolute Gasteiger partial charge is 0.122 e. The summed E-state index contributed by atoms with van der Waals surface area (Å²) in [7, 11) is 1.64. The van der Waals surface area contributed by atoms with Crippen LogP contribution in [0.25, 0.3) is 0 Å². The van der Waals surface area contributed by atoms with Crippen LogP contribution in [-0.4, -0.2) is 13.7 Å². The van der Waals surface area contributed by atoms with Gasteiger partial charge in [0, 0.05) is 0 Å². The number of rotatable bonds is 7. The summed E-state index contributed by atoms with van der Waals surface area (Å²) in [5.74, 6) is 1.58. The van der Waals surface area contributed by atoms with Gasteiger partial charge in [0.25, 0.3) is 0 Å². The van der Waals surface area contributed by atoms with Crippen LogP contribution in [0.1, 0.15) is 35.4 Å². The highest BCUT2D eigenvalue weighted by Gasteiger charge is 2.11. The maximum Gasteiger partial charge on any atom is 0.122 e. The van der Waals surface area contributed by atoms with E-state index >= 15 is 0 Å². The molecule has 0 aromatic heterocycles. The zero-order valence-corrected chi connectivity index (χ0v) is 14.0. The zero-order valence-electron chi connectivity index (χ0n) is 14.0. The van der Waals surface area contributed by atoms with Crippen molar-refractivity contribution in [3.8, 4) is 17.6 Å². The molecule has 0 spiro atoms. The summed E-state index contributed by atoms with van der Waals surface area (Å²) in [6, 6.07) is 16.3. The summed E-state index contributed by atoms with van der Waals surface area (Å²) in [6.07, 6.45) is 1.61. The fraction of sp³-hybridized carbons (Fsp3) is 0.350.